The van der Waals surface area contributed by atoms with Gasteiger partial charge < -0.3 is 14.8 Å². The standard InChI is InChI=1S/C26H40N2O3/c1-16(29)20-6-7-21-19-5-4-18-14-17(24(30)31-15-23-27-12-13-28-23)8-10-25(18,2)22(19)9-11-26(20,21)3/h12-13,17-22,24,30H,4-11,14-15H2,1-3H3,(H,27,28)/t17-,18?,19-,20+,21-,22-,24?,25-,26+/m0/s1. The first-order valence-electron chi connectivity index (χ1n) is 12.6. The number of aliphatic hydroxyl groups excluding tert-OH is 1. The van der Waals surface area contributed by atoms with Crippen molar-refractivity contribution < 1.29 is 14.6 Å². The van der Waals surface area contributed by atoms with Crippen molar-refractivity contribution in [3.63, 3.8) is 0 Å². The second-order valence-electron chi connectivity index (χ2n) is 11.7. The molecule has 5 nitrogen and oxygen atoms in total. The third kappa shape index (κ3) is 3.51. The topological polar surface area (TPSA) is 75.2 Å². The number of nitrogens with zero attached hydrogens (tertiary/aromatic N) is 1. The van der Waals surface area contributed by atoms with Gasteiger partial charge in [-0.1, -0.05) is 13.8 Å². The highest BCUT2D eigenvalue weighted by Gasteiger charge is 2.61. The molecule has 1 aromatic heterocycles. The summed E-state index contributed by atoms with van der Waals surface area (Å²) < 4.78 is 5.78. The second kappa shape index (κ2) is 7.98. The molecule has 4 aliphatic carbocycles. The van der Waals surface area contributed by atoms with Crippen molar-refractivity contribution in [2.45, 2.75) is 91.5 Å². The second-order valence-corrected chi connectivity index (χ2v) is 11.7. The summed E-state index contributed by atoms with van der Waals surface area (Å²) in [5.41, 5.74) is 0.624. The molecule has 2 N–H and O–H groups in total. The van der Waals surface area contributed by atoms with Crippen molar-refractivity contribution in [2.24, 2.45) is 46.3 Å². The van der Waals surface area contributed by atoms with E-state index in [1.165, 1.54) is 38.5 Å². The summed E-state index contributed by atoms with van der Waals surface area (Å²) in [6, 6.07) is 0. The third-order valence-corrected chi connectivity index (χ3v) is 10.5. The van der Waals surface area contributed by atoms with Gasteiger partial charge in [0.25, 0.3) is 0 Å². The molecule has 0 saturated heterocycles. The van der Waals surface area contributed by atoms with Crippen LogP contribution in [0, 0.1) is 46.3 Å². The lowest BCUT2D eigenvalue weighted by atomic mass is 9.44. The summed E-state index contributed by atoms with van der Waals surface area (Å²) in [6.45, 7) is 7.16. The fourth-order valence-corrected chi connectivity index (χ4v) is 8.90. The van der Waals surface area contributed by atoms with E-state index >= 15 is 0 Å². The van der Waals surface area contributed by atoms with Gasteiger partial charge in [-0.3, -0.25) is 4.79 Å². The lowest BCUT2D eigenvalue weighted by Gasteiger charge is -2.61. The van der Waals surface area contributed by atoms with Crippen molar-refractivity contribution in [3.8, 4) is 0 Å². The van der Waals surface area contributed by atoms with Gasteiger partial charge in [-0.2, -0.15) is 0 Å². The summed E-state index contributed by atoms with van der Waals surface area (Å²) in [4.78, 5) is 19.6. The van der Waals surface area contributed by atoms with E-state index in [2.05, 4.69) is 23.8 Å². The predicted molar refractivity (Wildman–Crippen MR) is 119 cm³/mol. The number of rotatable bonds is 5. The van der Waals surface area contributed by atoms with Gasteiger partial charge in [0.1, 0.15) is 18.2 Å². The van der Waals surface area contributed by atoms with E-state index in [1.807, 2.05) is 6.92 Å². The van der Waals surface area contributed by atoms with E-state index in [1.54, 1.807) is 12.4 Å². The van der Waals surface area contributed by atoms with E-state index in [0.717, 1.165) is 42.8 Å². The molecule has 1 heterocycles. The number of nitrogens with one attached hydrogen (secondary N) is 1. The molecule has 4 saturated carbocycles. The van der Waals surface area contributed by atoms with Gasteiger partial charge in [0.15, 0.2) is 6.29 Å². The Morgan fingerprint density at radius 2 is 1.94 bits per heavy atom. The lowest BCUT2D eigenvalue weighted by molar-refractivity contribution is -0.180. The smallest absolute Gasteiger partial charge is 0.157 e. The number of aliphatic hydroxyl groups is 1. The quantitative estimate of drug-likeness (QED) is 0.639. The molecular weight excluding hydrogens is 388 g/mol. The molecule has 5 heteroatoms. The van der Waals surface area contributed by atoms with Gasteiger partial charge in [0, 0.05) is 24.2 Å². The Labute approximate surface area is 186 Å². The van der Waals surface area contributed by atoms with E-state index in [-0.39, 0.29) is 11.3 Å². The Balaban J connectivity index is 1.26. The Bertz CT molecular complexity index is 795. The fraction of sp³-hybridized carbons (Fsp3) is 0.846. The molecule has 31 heavy (non-hydrogen) atoms. The summed E-state index contributed by atoms with van der Waals surface area (Å²) in [6.07, 6.45) is 13.6. The minimum Gasteiger partial charge on any atom is -0.368 e. The van der Waals surface area contributed by atoms with Crippen LogP contribution >= 0.6 is 0 Å². The van der Waals surface area contributed by atoms with Gasteiger partial charge in [-0.25, -0.2) is 4.98 Å². The van der Waals surface area contributed by atoms with Crippen LogP contribution in [0.5, 0.6) is 0 Å². The zero-order valence-corrected chi connectivity index (χ0v) is 19.5. The van der Waals surface area contributed by atoms with Crippen LogP contribution in [0.3, 0.4) is 0 Å². The van der Waals surface area contributed by atoms with Crippen molar-refractivity contribution in [2.75, 3.05) is 0 Å². The molecule has 2 unspecified atom stereocenters. The minimum absolute atomic E-state index is 0.229. The number of ether oxygens (including phenoxy) is 1. The number of carbonyl (C=O) groups excluding carboxylic acids is 1. The van der Waals surface area contributed by atoms with Crippen LogP contribution in [0.15, 0.2) is 12.4 Å². The Hall–Kier alpha value is -1.20. The first-order valence-corrected chi connectivity index (χ1v) is 12.6. The average molecular weight is 429 g/mol. The van der Waals surface area contributed by atoms with E-state index in [4.69, 9.17) is 4.74 Å². The number of imidazole rings is 1. The Kier molecular flexibility index (Phi) is 5.57. The van der Waals surface area contributed by atoms with Gasteiger partial charge in [-0.15, -0.1) is 0 Å². The number of H-pyrrole nitrogens is 1. The molecule has 0 aliphatic heterocycles. The maximum atomic E-state index is 12.3. The SMILES string of the molecule is CC(=O)[C@H]1CC[C@H]2[C@@H]3CCC4C[C@@H](C(O)OCc5ncc[nH]5)CC[C@]4(C)[C@H]3CC[C@]12C. The Morgan fingerprint density at radius 3 is 2.68 bits per heavy atom. The average Bonchev–Trinajstić information content (AvgIpc) is 3.38. The monoisotopic (exact) mass is 428 g/mol. The molecule has 5 rings (SSSR count). The highest BCUT2D eigenvalue weighted by atomic mass is 16.6. The summed E-state index contributed by atoms with van der Waals surface area (Å²) in [7, 11) is 0. The highest BCUT2D eigenvalue weighted by Crippen LogP contribution is 2.67. The summed E-state index contributed by atoms with van der Waals surface area (Å²) in [5, 5.41) is 10.7. The molecule has 0 radical (unpaired) electrons. The van der Waals surface area contributed by atoms with Crippen molar-refractivity contribution in [3.05, 3.63) is 18.2 Å². The number of carbonyl (C=O) groups is 1. The summed E-state index contributed by atoms with van der Waals surface area (Å²) in [5.74, 6) is 4.71. The maximum Gasteiger partial charge on any atom is 0.157 e. The summed E-state index contributed by atoms with van der Waals surface area (Å²) >= 11 is 0. The highest BCUT2D eigenvalue weighted by molar-refractivity contribution is 5.79. The van der Waals surface area contributed by atoms with Crippen LogP contribution in [-0.4, -0.2) is 27.1 Å². The van der Waals surface area contributed by atoms with Gasteiger partial charge in [0.05, 0.1) is 0 Å². The molecular formula is C26H40N2O3. The van der Waals surface area contributed by atoms with Gasteiger partial charge in [0.2, 0.25) is 0 Å². The van der Waals surface area contributed by atoms with Crippen molar-refractivity contribution in [1.82, 2.24) is 9.97 Å². The molecule has 4 aliphatic rings. The van der Waals surface area contributed by atoms with Crippen LogP contribution in [0.1, 0.15) is 84.4 Å². The van der Waals surface area contributed by atoms with E-state index in [9.17, 15) is 9.90 Å². The van der Waals surface area contributed by atoms with Gasteiger partial charge in [-0.05, 0) is 99.2 Å². The lowest BCUT2D eigenvalue weighted by Crippen LogP contribution is -2.54. The molecule has 9 atom stereocenters. The number of fused-ring (bicyclic) bond motifs is 5. The number of Topliss-reactive ketones (excluding diaryl/α,β-unsaturated/α-hetero) is 1. The number of ketones is 1. The van der Waals surface area contributed by atoms with Crippen LogP contribution in [-0.2, 0) is 16.1 Å². The van der Waals surface area contributed by atoms with Crippen LogP contribution in [0.4, 0.5) is 0 Å². The molecule has 4 fully saturated rings. The van der Waals surface area contributed by atoms with Crippen molar-refractivity contribution in [1.29, 1.82) is 0 Å². The van der Waals surface area contributed by atoms with E-state index < -0.39 is 6.29 Å². The largest absolute Gasteiger partial charge is 0.368 e. The van der Waals surface area contributed by atoms with E-state index in [0.29, 0.717) is 29.6 Å². The molecule has 1 aromatic rings. The first kappa shape index (κ1) is 21.6. The number of aromatic amines is 1. The third-order valence-electron chi connectivity index (χ3n) is 10.5. The first-order chi connectivity index (χ1) is 14.8. The molecule has 0 amide bonds. The number of aromatic nitrogens is 2. The molecule has 0 bridgehead atoms. The number of hydrogen-bond donors (Lipinski definition) is 2. The van der Waals surface area contributed by atoms with Gasteiger partial charge >= 0.3 is 0 Å². The zero-order chi connectivity index (χ0) is 21.8. The van der Waals surface area contributed by atoms with Crippen molar-refractivity contribution >= 4 is 5.78 Å². The molecule has 172 valence electrons. The maximum absolute atomic E-state index is 12.3. The van der Waals surface area contributed by atoms with Crippen LogP contribution < -0.4 is 0 Å². The van der Waals surface area contributed by atoms with Crippen LogP contribution in [0.25, 0.3) is 0 Å². The normalized spacial score (nSPS) is 45.4. The molecule has 0 aromatic carbocycles. The van der Waals surface area contributed by atoms with Crippen LogP contribution in [0.2, 0.25) is 0 Å². The minimum atomic E-state index is -0.701. The zero-order valence-electron chi connectivity index (χ0n) is 19.5. The predicted octanol–water partition coefficient (Wildman–Crippen LogP) is 5.11. The number of hydrogen-bond acceptors (Lipinski definition) is 4. The molecule has 0 spiro atoms. The fourth-order valence-electron chi connectivity index (χ4n) is 8.90. The Morgan fingerprint density at radius 1 is 1.16 bits per heavy atom.